The number of carbonyl (C=O) groups is 1. The van der Waals surface area contributed by atoms with Crippen LogP contribution in [0.5, 0.6) is 5.75 Å². The Hall–Kier alpha value is -1.30. The first-order chi connectivity index (χ1) is 9.12. The molecule has 1 rings (SSSR count). The van der Waals surface area contributed by atoms with Crippen LogP contribution in [0.25, 0.3) is 0 Å². The quantitative estimate of drug-likeness (QED) is 0.803. The van der Waals surface area contributed by atoms with Gasteiger partial charge in [0.05, 0.1) is 19.8 Å². The molecule has 0 saturated carbocycles. The summed E-state index contributed by atoms with van der Waals surface area (Å²) in [6.45, 7) is 2.22. The van der Waals surface area contributed by atoms with E-state index in [1.165, 1.54) is 7.11 Å². The highest BCUT2D eigenvalue weighted by atomic mass is 35.5. The minimum absolute atomic E-state index is 0. The Morgan fingerprint density at radius 2 is 1.90 bits per heavy atom. The van der Waals surface area contributed by atoms with Gasteiger partial charge in [0.2, 0.25) is 5.91 Å². The lowest BCUT2D eigenvalue weighted by Crippen LogP contribution is -2.44. The van der Waals surface area contributed by atoms with E-state index in [0.717, 1.165) is 17.7 Å². The van der Waals surface area contributed by atoms with Gasteiger partial charge in [-0.2, -0.15) is 0 Å². The molecule has 0 saturated heterocycles. The summed E-state index contributed by atoms with van der Waals surface area (Å²) in [7, 11) is 3.14. The Labute approximate surface area is 126 Å². The highest BCUT2D eigenvalue weighted by Crippen LogP contribution is 2.20. The summed E-state index contributed by atoms with van der Waals surface area (Å²) in [5.74, 6) is 0.588. The van der Waals surface area contributed by atoms with E-state index in [9.17, 15) is 4.79 Å². The number of halogens is 1. The summed E-state index contributed by atoms with van der Waals surface area (Å²) in [5, 5.41) is 2.92. The number of carbonyl (C=O) groups excluding carboxylic acids is 1. The molecule has 0 fully saturated rings. The van der Waals surface area contributed by atoms with Gasteiger partial charge in [-0.25, -0.2) is 0 Å². The molecule has 1 aromatic rings. The van der Waals surface area contributed by atoms with E-state index < -0.39 is 6.04 Å². The molecule has 3 N–H and O–H groups in total. The lowest BCUT2D eigenvalue weighted by atomic mass is 10.0. The van der Waals surface area contributed by atoms with Gasteiger partial charge in [0.1, 0.15) is 11.8 Å². The van der Waals surface area contributed by atoms with Crippen LogP contribution in [0.4, 0.5) is 0 Å². The summed E-state index contributed by atoms with van der Waals surface area (Å²) in [6.07, 6.45) is 0.789. The number of nitrogens with two attached hydrogens (primary N) is 1. The summed E-state index contributed by atoms with van der Waals surface area (Å²) in [5.41, 5.74) is 6.73. The maximum absolute atomic E-state index is 11.9. The summed E-state index contributed by atoms with van der Waals surface area (Å²) < 4.78 is 9.98. The van der Waals surface area contributed by atoms with Crippen LogP contribution < -0.4 is 15.8 Å². The Kier molecular flexibility index (Phi) is 8.96. The van der Waals surface area contributed by atoms with Crippen molar-refractivity contribution in [2.45, 2.75) is 25.4 Å². The van der Waals surface area contributed by atoms with Crippen LogP contribution >= 0.6 is 12.4 Å². The minimum Gasteiger partial charge on any atom is -0.497 e. The SMILES string of the molecule is CCC(NC(=O)C(N)COC)c1ccc(OC)cc1.Cl. The van der Waals surface area contributed by atoms with Crippen molar-refractivity contribution < 1.29 is 14.3 Å². The number of methoxy groups -OCH3 is 2. The van der Waals surface area contributed by atoms with Crippen LogP contribution in [0, 0.1) is 0 Å². The zero-order valence-corrected chi connectivity index (χ0v) is 12.9. The molecular formula is C14H23ClN2O3. The van der Waals surface area contributed by atoms with Crippen molar-refractivity contribution in [3.05, 3.63) is 29.8 Å². The van der Waals surface area contributed by atoms with E-state index in [1.807, 2.05) is 31.2 Å². The Bertz CT molecular complexity index is 398. The molecule has 0 aromatic heterocycles. The van der Waals surface area contributed by atoms with Crippen molar-refractivity contribution in [2.24, 2.45) is 5.73 Å². The fraction of sp³-hybridized carbons (Fsp3) is 0.500. The molecule has 114 valence electrons. The standard InChI is InChI=1S/C14H22N2O3.ClH/c1-4-13(16-14(17)12(15)9-18-2)10-5-7-11(19-3)8-6-10;/h5-8,12-13H,4,9,15H2,1-3H3,(H,16,17);1H. The number of hydrogen-bond donors (Lipinski definition) is 2. The molecule has 0 spiro atoms. The second-order valence-corrected chi connectivity index (χ2v) is 4.30. The number of amides is 1. The Balaban J connectivity index is 0.00000361. The number of rotatable bonds is 7. The second kappa shape index (κ2) is 9.58. The van der Waals surface area contributed by atoms with Crippen molar-refractivity contribution in [1.29, 1.82) is 0 Å². The van der Waals surface area contributed by atoms with Crippen LogP contribution in [-0.2, 0) is 9.53 Å². The van der Waals surface area contributed by atoms with E-state index in [2.05, 4.69) is 5.32 Å². The molecule has 1 aromatic carbocycles. The molecule has 0 bridgehead atoms. The van der Waals surface area contributed by atoms with Gasteiger partial charge in [0.25, 0.3) is 0 Å². The molecule has 6 heteroatoms. The molecular weight excluding hydrogens is 280 g/mol. The molecule has 2 atom stereocenters. The van der Waals surface area contributed by atoms with E-state index in [-0.39, 0.29) is 31.0 Å². The molecule has 1 amide bonds. The highest BCUT2D eigenvalue weighted by Gasteiger charge is 2.18. The topological polar surface area (TPSA) is 73.6 Å². The van der Waals surface area contributed by atoms with Gasteiger partial charge in [0.15, 0.2) is 0 Å². The summed E-state index contributed by atoms with van der Waals surface area (Å²) in [4.78, 5) is 11.9. The van der Waals surface area contributed by atoms with Gasteiger partial charge in [0, 0.05) is 7.11 Å². The average molecular weight is 303 g/mol. The van der Waals surface area contributed by atoms with Crippen LogP contribution in [0.2, 0.25) is 0 Å². The van der Waals surface area contributed by atoms with Crippen LogP contribution in [-0.4, -0.2) is 32.8 Å². The van der Waals surface area contributed by atoms with E-state index >= 15 is 0 Å². The molecule has 20 heavy (non-hydrogen) atoms. The monoisotopic (exact) mass is 302 g/mol. The predicted octanol–water partition coefficient (Wildman–Crippen LogP) is 1.66. The van der Waals surface area contributed by atoms with Crippen LogP contribution in [0.15, 0.2) is 24.3 Å². The Morgan fingerprint density at radius 3 is 2.35 bits per heavy atom. The van der Waals surface area contributed by atoms with Gasteiger partial charge < -0.3 is 20.5 Å². The number of benzene rings is 1. The molecule has 0 aliphatic carbocycles. The van der Waals surface area contributed by atoms with Crippen molar-refractivity contribution in [2.75, 3.05) is 20.8 Å². The molecule has 0 aliphatic heterocycles. The first kappa shape index (κ1) is 18.7. The van der Waals surface area contributed by atoms with Gasteiger partial charge in [-0.3, -0.25) is 4.79 Å². The van der Waals surface area contributed by atoms with Crippen molar-refractivity contribution >= 4 is 18.3 Å². The largest absolute Gasteiger partial charge is 0.497 e. The third-order valence-electron chi connectivity index (χ3n) is 2.93. The first-order valence-electron chi connectivity index (χ1n) is 6.31. The predicted molar refractivity (Wildman–Crippen MR) is 81.3 cm³/mol. The Morgan fingerprint density at radius 1 is 1.30 bits per heavy atom. The molecule has 0 aliphatic rings. The summed E-state index contributed by atoms with van der Waals surface area (Å²) >= 11 is 0. The van der Waals surface area contributed by atoms with Gasteiger partial charge in [-0.15, -0.1) is 12.4 Å². The van der Waals surface area contributed by atoms with E-state index in [0.29, 0.717) is 0 Å². The van der Waals surface area contributed by atoms with E-state index in [1.54, 1.807) is 7.11 Å². The normalized spacial score (nSPS) is 13.0. The third kappa shape index (κ3) is 5.36. The minimum atomic E-state index is -0.641. The maximum Gasteiger partial charge on any atom is 0.239 e. The van der Waals surface area contributed by atoms with E-state index in [4.69, 9.17) is 15.2 Å². The van der Waals surface area contributed by atoms with Gasteiger partial charge in [-0.05, 0) is 24.1 Å². The molecule has 0 heterocycles. The fourth-order valence-corrected chi connectivity index (χ4v) is 1.79. The lowest BCUT2D eigenvalue weighted by Gasteiger charge is -2.20. The fourth-order valence-electron chi connectivity index (χ4n) is 1.79. The smallest absolute Gasteiger partial charge is 0.239 e. The maximum atomic E-state index is 11.9. The second-order valence-electron chi connectivity index (χ2n) is 4.30. The number of nitrogens with one attached hydrogen (secondary N) is 1. The van der Waals surface area contributed by atoms with Gasteiger partial charge in [-0.1, -0.05) is 19.1 Å². The molecule has 0 radical (unpaired) electrons. The van der Waals surface area contributed by atoms with Crippen molar-refractivity contribution in [1.82, 2.24) is 5.32 Å². The first-order valence-corrected chi connectivity index (χ1v) is 6.31. The molecule has 5 nitrogen and oxygen atoms in total. The lowest BCUT2D eigenvalue weighted by molar-refractivity contribution is -0.124. The van der Waals surface area contributed by atoms with Crippen molar-refractivity contribution in [3.63, 3.8) is 0 Å². The van der Waals surface area contributed by atoms with Crippen LogP contribution in [0.1, 0.15) is 24.9 Å². The third-order valence-corrected chi connectivity index (χ3v) is 2.93. The number of ether oxygens (including phenoxy) is 2. The summed E-state index contributed by atoms with van der Waals surface area (Å²) in [6, 6.07) is 6.93. The number of hydrogen-bond acceptors (Lipinski definition) is 4. The highest BCUT2D eigenvalue weighted by molar-refractivity contribution is 5.85. The van der Waals surface area contributed by atoms with Crippen LogP contribution in [0.3, 0.4) is 0 Å². The molecule has 2 unspecified atom stereocenters. The average Bonchev–Trinajstić information content (AvgIpc) is 2.45. The van der Waals surface area contributed by atoms with Gasteiger partial charge >= 0.3 is 0 Å². The zero-order chi connectivity index (χ0) is 14.3. The van der Waals surface area contributed by atoms with Crippen molar-refractivity contribution in [3.8, 4) is 5.75 Å². The zero-order valence-electron chi connectivity index (χ0n) is 12.1.